The smallest absolute Gasteiger partial charge is 0.264 e. The molecule has 0 radical (unpaired) electrons. The Morgan fingerprint density at radius 3 is 2.64 bits per heavy atom. The van der Waals surface area contributed by atoms with E-state index in [1.807, 2.05) is 0 Å². The molecule has 0 fully saturated rings. The number of hydrogen-bond acceptors (Lipinski definition) is 2. The first-order chi connectivity index (χ1) is 6.66. The maximum Gasteiger partial charge on any atom is 0.264 e. The summed E-state index contributed by atoms with van der Waals surface area (Å²) >= 11 is 14.9. The molecular weight excluding hydrogens is 289 g/mol. The molecule has 0 saturated carbocycles. The molecule has 2 nitrogen and oxygen atoms in total. The number of hydrogen-bond donors (Lipinski definition) is 0. The first kappa shape index (κ1) is 10.0. The van der Waals surface area contributed by atoms with Gasteiger partial charge in [0.25, 0.3) is 4.80 Å². The Morgan fingerprint density at radius 2 is 2.07 bits per heavy atom. The van der Waals surface area contributed by atoms with E-state index >= 15 is 0 Å². The van der Waals surface area contributed by atoms with Crippen molar-refractivity contribution in [2.45, 2.75) is 0 Å². The van der Waals surface area contributed by atoms with E-state index in [0.717, 1.165) is 5.56 Å². The molecule has 14 heavy (non-hydrogen) atoms. The Hall–Kier alpha value is -0.510. The largest absolute Gasteiger partial charge is 0.439 e. The van der Waals surface area contributed by atoms with E-state index in [1.165, 1.54) is 6.26 Å². The molecule has 1 aromatic carbocycles. The third kappa shape index (κ3) is 1.95. The monoisotopic (exact) mass is 291 g/mol. The molecule has 0 aliphatic carbocycles. The lowest BCUT2D eigenvalue weighted by molar-refractivity contribution is 0.529. The quantitative estimate of drug-likeness (QED) is 0.778. The van der Waals surface area contributed by atoms with Crippen molar-refractivity contribution in [3.8, 4) is 11.3 Å². The van der Waals surface area contributed by atoms with Crippen molar-refractivity contribution in [2.24, 2.45) is 0 Å². The van der Waals surface area contributed by atoms with Crippen molar-refractivity contribution < 1.29 is 4.42 Å². The normalized spacial score (nSPS) is 10.5. The van der Waals surface area contributed by atoms with Crippen LogP contribution in [0.2, 0.25) is 10.0 Å². The summed E-state index contributed by atoms with van der Waals surface area (Å²) in [6, 6.07) is 5.22. The van der Waals surface area contributed by atoms with Gasteiger partial charge in [-0.2, -0.15) is 0 Å². The molecule has 72 valence electrons. The van der Waals surface area contributed by atoms with E-state index in [2.05, 4.69) is 20.9 Å². The van der Waals surface area contributed by atoms with Gasteiger partial charge in [0, 0.05) is 26.5 Å². The van der Waals surface area contributed by atoms with Crippen molar-refractivity contribution in [3.05, 3.63) is 39.3 Å². The van der Waals surface area contributed by atoms with Gasteiger partial charge in [-0.25, -0.2) is 4.98 Å². The van der Waals surface area contributed by atoms with Crippen LogP contribution >= 0.6 is 39.1 Å². The highest BCUT2D eigenvalue weighted by Crippen LogP contribution is 2.30. The maximum atomic E-state index is 5.99. The van der Waals surface area contributed by atoms with Gasteiger partial charge >= 0.3 is 0 Å². The lowest BCUT2D eigenvalue weighted by Crippen LogP contribution is -1.79. The number of oxazole rings is 1. The van der Waals surface area contributed by atoms with Crippen molar-refractivity contribution in [1.29, 1.82) is 0 Å². The fourth-order valence-corrected chi connectivity index (χ4v) is 1.86. The molecule has 0 N–H and O–H groups in total. The molecule has 1 aromatic heterocycles. The van der Waals surface area contributed by atoms with Crippen LogP contribution in [0.3, 0.4) is 0 Å². The second-order valence-corrected chi connectivity index (χ2v) is 4.13. The van der Waals surface area contributed by atoms with Crippen LogP contribution in [-0.4, -0.2) is 4.98 Å². The third-order valence-corrected chi connectivity index (χ3v) is 2.60. The average molecular weight is 293 g/mol. The van der Waals surface area contributed by atoms with E-state index < -0.39 is 0 Å². The summed E-state index contributed by atoms with van der Waals surface area (Å²) in [7, 11) is 0. The molecular formula is C9H4BrCl2NO. The third-order valence-electron chi connectivity index (χ3n) is 1.68. The molecule has 5 heteroatoms. The number of aromatic nitrogens is 1. The number of halogens is 3. The van der Waals surface area contributed by atoms with Gasteiger partial charge in [-0.1, -0.05) is 23.2 Å². The second kappa shape index (κ2) is 3.93. The number of benzene rings is 1. The predicted molar refractivity (Wildman–Crippen MR) is 59.7 cm³/mol. The summed E-state index contributed by atoms with van der Waals surface area (Å²) in [6.45, 7) is 0. The summed E-state index contributed by atoms with van der Waals surface area (Å²) < 4.78 is 5.02. The minimum Gasteiger partial charge on any atom is -0.439 e. The highest BCUT2D eigenvalue weighted by Gasteiger charge is 2.08. The van der Waals surface area contributed by atoms with Crippen LogP contribution < -0.4 is 0 Å². The standard InChI is InChI=1S/C9H4BrCl2NO/c10-9-13-8(4-14-9)6-2-1-5(11)3-7(6)12/h1-4H. The van der Waals surface area contributed by atoms with Crippen molar-refractivity contribution in [1.82, 2.24) is 4.98 Å². The first-order valence-corrected chi connectivity index (χ1v) is 5.28. The zero-order chi connectivity index (χ0) is 10.1. The molecule has 0 amide bonds. The minimum absolute atomic E-state index is 0.429. The molecule has 2 rings (SSSR count). The molecule has 0 saturated heterocycles. The van der Waals surface area contributed by atoms with Crippen LogP contribution in [0.4, 0.5) is 0 Å². The zero-order valence-corrected chi connectivity index (χ0v) is 9.90. The Bertz CT molecular complexity index is 470. The summed E-state index contributed by atoms with van der Waals surface area (Å²) in [5.41, 5.74) is 1.48. The molecule has 0 unspecified atom stereocenters. The lowest BCUT2D eigenvalue weighted by atomic mass is 10.2. The predicted octanol–water partition coefficient (Wildman–Crippen LogP) is 4.41. The number of rotatable bonds is 1. The molecule has 1 heterocycles. The molecule has 0 aliphatic rings. The van der Waals surface area contributed by atoms with Crippen LogP contribution in [0, 0.1) is 0 Å². The van der Waals surface area contributed by atoms with Gasteiger partial charge in [0.2, 0.25) is 0 Å². The summed E-state index contributed by atoms with van der Waals surface area (Å²) in [6.07, 6.45) is 1.53. The van der Waals surface area contributed by atoms with Gasteiger partial charge in [-0.15, -0.1) is 0 Å². The summed E-state index contributed by atoms with van der Waals surface area (Å²) in [5.74, 6) is 0. The summed E-state index contributed by atoms with van der Waals surface area (Å²) in [5, 5.41) is 1.15. The lowest BCUT2D eigenvalue weighted by Gasteiger charge is -1.99. The molecule has 0 aliphatic heterocycles. The Morgan fingerprint density at radius 1 is 1.29 bits per heavy atom. The van der Waals surface area contributed by atoms with E-state index in [1.54, 1.807) is 18.2 Å². The zero-order valence-electron chi connectivity index (χ0n) is 6.80. The van der Waals surface area contributed by atoms with Crippen LogP contribution in [0.5, 0.6) is 0 Å². The van der Waals surface area contributed by atoms with Gasteiger partial charge in [-0.05, 0) is 18.2 Å². The molecule has 0 spiro atoms. The van der Waals surface area contributed by atoms with E-state index in [0.29, 0.717) is 20.5 Å². The van der Waals surface area contributed by atoms with Crippen molar-refractivity contribution >= 4 is 39.1 Å². The van der Waals surface area contributed by atoms with Gasteiger partial charge in [0.15, 0.2) is 0 Å². The Balaban J connectivity index is 2.52. The fraction of sp³-hybridized carbons (Fsp3) is 0. The SMILES string of the molecule is Clc1ccc(-c2coc(Br)n2)c(Cl)c1. The maximum absolute atomic E-state index is 5.99. The molecule has 2 aromatic rings. The average Bonchev–Trinajstić information content (AvgIpc) is 2.51. The van der Waals surface area contributed by atoms with Gasteiger partial charge in [0.1, 0.15) is 12.0 Å². The van der Waals surface area contributed by atoms with Crippen molar-refractivity contribution in [3.63, 3.8) is 0 Å². The Kier molecular flexibility index (Phi) is 2.81. The minimum atomic E-state index is 0.429. The fourth-order valence-electron chi connectivity index (χ4n) is 1.07. The highest BCUT2D eigenvalue weighted by molar-refractivity contribution is 9.10. The second-order valence-electron chi connectivity index (χ2n) is 2.61. The molecule has 0 bridgehead atoms. The topological polar surface area (TPSA) is 26.0 Å². The van der Waals surface area contributed by atoms with Crippen LogP contribution in [0.25, 0.3) is 11.3 Å². The van der Waals surface area contributed by atoms with Crippen LogP contribution in [0.15, 0.2) is 33.7 Å². The Labute approximate surface area is 99.0 Å². The van der Waals surface area contributed by atoms with Gasteiger partial charge in [-0.3, -0.25) is 0 Å². The van der Waals surface area contributed by atoms with Crippen LogP contribution in [-0.2, 0) is 0 Å². The van der Waals surface area contributed by atoms with E-state index in [4.69, 9.17) is 27.6 Å². The van der Waals surface area contributed by atoms with E-state index in [9.17, 15) is 0 Å². The summed E-state index contributed by atoms with van der Waals surface area (Å²) in [4.78, 5) is 4.52. The van der Waals surface area contributed by atoms with E-state index in [-0.39, 0.29) is 0 Å². The number of nitrogens with zero attached hydrogens (tertiary/aromatic N) is 1. The first-order valence-electron chi connectivity index (χ1n) is 3.73. The molecule has 0 atom stereocenters. The highest BCUT2D eigenvalue weighted by atomic mass is 79.9. The van der Waals surface area contributed by atoms with Crippen LogP contribution in [0.1, 0.15) is 0 Å². The van der Waals surface area contributed by atoms with Gasteiger partial charge < -0.3 is 4.42 Å². The van der Waals surface area contributed by atoms with Crippen molar-refractivity contribution in [2.75, 3.05) is 0 Å². The van der Waals surface area contributed by atoms with Gasteiger partial charge in [0.05, 0.1) is 5.02 Å².